The summed E-state index contributed by atoms with van der Waals surface area (Å²) in [4.78, 5) is 17.2. The second kappa shape index (κ2) is 6.52. The zero-order chi connectivity index (χ0) is 17.3. The van der Waals surface area contributed by atoms with Crippen LogP contribution in [0.2, 0.25) is 0 Å². The molecule has 1 saturated heterocycles. The normalized spacial score (nSPS) is 16.3. The van der Waals surface area contributed by atoms with Gasteiger partial charge in [-0.1, -0.05) is 0 Å². The van der Waals surface area contributed by atoms with Crippen molar-refractivity contribution in [3.63, 3.8) is 0 Å². The molecule has 24 heavy (non-hydrogen) atoms. The Hall–Kier alpha value is -1.93. The number of imidazole rings is 1. The van der Waals surface area contributed by atoms with E-state index in [0.717, 1.165) is 5.69 Å². The first-order valence-electron chi connectivity index (χ1n) is 7.71. The molecular weight excluding hydrogens is 346 g/mol. The number of carbonyl (C=O) groups excluding carboxylic acids is 1. The van der Waals surface area contributed by atoms with Crippen LogP contribution < -0.4 is 0 Å². The molecule has 0 radical (unpaired) electrons. The van der Waals surface area contributed by atoms with Crippen LogP contribution in [-0.4, -0.2) is 53.4 Å². The summed E-state index contributed by atoms with van der Waals surface area (Å²) < 4.78 is 25.6. The maximum atomic E-state index is 12.6. The summed E-state index contributed by atoms with van der Waals surface area (Å²) in [5.74, 6) is -0.0637. The van der Waals surface area contributed by atoms with E-state index in [-0.39, 0.29) is 11.2 Å². The minimum Gasteiger partial charge on any atom is -0.339 e. The first kappa shape index (κ1) is 16.9. The lowest BCUT2D eigenvalue weighted by atomic mass is 10.1. The van der Waals surface area contributed by atoms with Gasteiger partial charge in [0.2, 0.25) is 0 Å². The predicted molar refractivity (Wildman–Crippen MR) is 94.7 cm³/mol. The van der Waals surface area contributed by atoms with Crippen molar-refractivity contribution in [2.45, 2.75) is 18.1 Å². The highest BCUT2D eigenvalue weighted by Crippen LogP contribution is 2.19. The van der Waals surface area contributed by atoms with Crippen molar-refractivity contribution in [2.24, 2.45) is 0 Å². The van der Waals surface area contributed by atoms with Crippen molar-refractivity contribution in [3.05, 3.63) is 47.0 Å². The number of rotatable bonds is 3. The van der Waals surface area contributed by atoms with Crippen molar-refractivity contribution < 1.29 is 13.2 Å². The first-order valence-corrected chi connectivity index (χ1v) is 10.1. The highest BCUT2D eigenvalue weighted by Gasteiger charge is 2.29. The summed E-state index contributed by atoms with van der Waals surface area (Å²) in [6.45, 7) is 0.947. The fraction of sp³-hybridized carbons (Fsp3) is 0.375. The van der Waals surface area contributed by atoms with Gasteiger partial charge >= 0.3 is 0 Å². The Labute approximate surface area is 146 Å². The zero-order valence-electron chi connectivity index (χ0n) is 13.3. The largest absolute Gasteiger partial charge is 0.339 e. The Morgan fingerprint density at radius 1 is 1.21 bits per heavy atom. The van der Waals surface area contributed by atoms with Gasteiger partial charge in [-0.15, -0.1) is 0 Å². The molecule has 0 aliphatic carbocycles. The van der Waals surface area contributed by atoms with Gasteiger partial charge in [0.05, 0.1) is 5.25 Å². The third-order valence-electron chi connectivity index (χ3n) is 4.38. The number of carbonyl (C=O) groups is 1. The number of nitrogens with zero attached hydrogens (tertiary/aromatic N) is 2. The van der Waals surface area contributed by atoms with E-state index in [9.17, 15) is 13.2 Å². The molecule has 128 valence electrons. The molecular formula is C16H19N3O3S2. The van der Waals surface area contributed by atoms with Gasteiger partial charge in [0, 0.05) is 43.0 Å². The SMILES string of the molecule is CS(=O)(=O)C1CCN(C(=O)c2ccc(-n3cc[nH]c3=S)cc2)CC1. The Bertz CT molecular complexity index is 889. The monoisotopic (exact) mass is 365 g/mol. The smallest absolute Gasteiger partial charge is 0.253 e. The maximum absolute atomic E-state index is 12.6. The summed E-state index contributed by atoms with van der Waals surface area (Å²) in [7, 11) is -3.03. The van der Waals surface area contributed by atoms with Crippen molar-refractivity contribution in [1.29, 1.82) is 0 Å². The third-order valence-corrected chi connectivity index (χ3v) is 6.37. The van der Waals surface area contributed by atoms with E-state index >= 15 is 0 Å². The number of benzene rings is 1. The van der Waals surface area contributed by atoms with Crippen molar-refractivity contribution in [1.82, 2.24) is 14.5 Å². The minimum absolute atomic E-state index is 0.0637. The number of aromatic amines is 1. The molecule has 1 N–H and O–H groups in total. The average molecular weight is 365 g/mol. The molecule has 0 atom stereocenters. The molecule has 1 aromatic heterocycles. The van der Waals surface area contributed by atoms with Crippen molar-refractivity contribution >= 4 is 28.0 Å². The van der Waals surface area contributed by atoms with Gasteiger partial charge in [-0.25, -0.2) is 8.42 Å². The summed E-state index contributed by atoms with van der Waals surface area (Å²) in [6.07, 6.45) is 5.85. The van der Waals surface area contributed by atoms with E-state index in [1.165, 1.54) is 6.26 Å². The molecule has 0 saturated carbocycles. The zero-order valence-corrected chi connectivity index (χ0v) is 14.9. The van der Waals surface area contributed by atoms with Crippen LogP contribution in [0.3, 0.4) is 0 Å². The molecule has 1 fully saturated rings. The number of aromatic nitrogens is 2. The Morgan fingerprint density at radius 3 is 2.33 bits per heavy atom. The molecule has 1 aromatic carbocycles. The highest BCUT2D eigenvalue weighted by atomic mass is 32.2. The molecule has 0 bridgehead atoms. The van der Waals surface area contributed by atoms with Crippen LogP contribution >= 0.6 is 12.2 Å². The van der Waals surface area contributed by atoms with Gasteiger partial charge in [-0.3, -0.25) is 9.36 Å². The molecule has 8 heteroatoms. The van der Waals surface area contributed by atoms with Crippen molar-refractivity contribution in [3.8, 4) is 5.69 Å². The van der Waals surface area contributed by atoms with Crippen LogP contribution in [-0.2, 0) is 9.84 Å². The molecule has 2 aromatic rings. The Morgan fingerprint density at radius 2 is 1.83 bits per heavy atom. The van der Waals surface area contributed by atoms with Crippen LogP contribution in [0.1, 0.15) is 23.2 Å². The van der Waals surface area contributed by atoms with Gasteiger partial charge in [-0.2, -0.15) is 0 Å². The third kappa shape index (κ3) is 3.44. The molecule has 2 heterocycles. The second-order valence-electron chi connectivity index (χ2n) is 6.00. The number of amides is 1. The number of hydrogen-bond donors (Lipinski definition) is 1. The number of piperidine rings is 1. The number of sulfone groups is 1. The lowest BCUT2D eigenvalue weighted by Gasteiger charge is -2.31. The van der Waals surface area contributed by atoms with E-state index in [0.29, 0.717) is 36.3 Å². The minimum atomic E-state index is -3.03. The molecule has 6 nitrogen and oxygen atoms in total. The van der Waals surface area contributed by atoms with E-state index in [1.54, 1.807) is 23.2 Å². The topological polar surface area (TPSA) is 75.2 Å². The van der Waals surface area contributed by atoms with Gasteiger partial charge in [0.15, 0.2) is 4.77 Å². The van der Waals surface area contributed by atoms with Gasteiger partial charge in [0.1, 0.15) is 9.84 Å². The number of H-pyrrole nitrogens is 1. The van der Waals surface area contributed by atoms with E-state index in [2.05, 4.69) is 4.98 Å². The quantitative estimate of drug-likeness (QED) is 0.846. The van der Waals surface area contributed by atoms with Crippen molar-refractivity contribution in [2.75, 3.05) is 19.3 Å². The fourth-order valence-electron chi connectivity index (χ4n) is 2.96. The predicted octanol–water partition coefficient (Wildman–Crippen LogP) is 2.18. The lowest BCUT2D eigenvalue weighted by molar-refractivity contribution is 0.0726. The first-order chi connectivity index (χ1) is 11.4. The van der Waals surface area contributed by atoms with E-state index < -0.39 is 9.84 Å². The molecule has 0 unspecified atom stereocenters. The number of nitrogens with one attached hydrogen (secondary N) is 1. The van der Waals surface area contributed by atoms with E-state index in [4.69, 9.17) is 12.2 Å². The standard InChI is InChI=1S/C16H19N3O3S2/c1-24(21,22)14-6-9-18(10-7-14)15(20)12-2-4-13(5-3-12)19-11-8-17-16(19)23/h2-5,8,11,14H,6-7,9-10H2,1H3,(H,17,23). The van der Waals surface area contributed by atoms with Crippen LogP contribution in [0.25, 0.3) is 5.69 Å². The Kier molecular flexibility index (Phi) is 4.60. The van der Waals surface area contributed by atoms with Crippen LogP contribution in [0, 0.1) is 4.77 Å². The van der Waals surface area contributed by atoms with Gasteiger partial charge in [0.25, 0.3) is 5.91 Å². The summed E-state index contributed by atoms with van der Waals surface area (Å²) >= 11 is 5.18. The summed E-state index contributed by atoms with van der Waals surface area (Å²) in [5, 5.41) is -0.334. The fourth-order valence-corrected chi connectivity index (χ4v) is 4.26. The highest BCUT2D eigenvalue weighted by molar-refractivity contribution is 7.91. The van der Waals surface area contributed by atoms with Crippen LogP contribution in [0.4, 0.5) is 0 Å². The summed E-state index contributed by atoms with van der Waals surface area (Å²) in [6, 6.07) is 7.24. The molecule has 1 aliphatic rings. The van der Waals surface area contributed by atoms with Gasteiger partial charge in [-0.05, 0) is 49.3 Å². The molecule has 0 spiro atoms. The van der Waals surface area contributed by atoms with E-state index in [1.807, 2.05) is 22.9 Å². The molecule has 3 rings (SSSR count). The summed E-state index contributed by atoms with van der Waals surface area (Å²) in [5.41, 5.74) is 1.48. The van der Waals surface area contributed by atoms with Crippen LogP contribution in [0.5, 0.6) is 0 Å². The average Bonchev–Trinajstić information content (AvgIpc) is 3.00. The molecule has 1 aliphatic heterocycles. The second-order valence-corrected chi connectivity index (χ2v) is 8.72. The van der Waals surface area contributed by atoms with Crippen LogP contribution in [0.15, 0.2) is 36.7 Å². The molecule has 1 amide bonds. The Balaban J connectivity index is 1.70. The van der Waals surface area contributed by atoms with Gasteiger partial charge < -0.3 is 9.88 Å². The lowest BCUT2D eigenvalue weighted by Crippen LogP contribution is -2.42. The number of hydrogen-bond acceptors (Lipinski definition) is 4. The maximum Gasteiger partial charge on any atom is 0.253 e. The number of likely N-dealkylation sites (tertiary alicyclic amines) is 1.